The predicted molar refractivity (Wildman–Crippen MR) is 95.8 cm³/mol. The molecule has 1 aliphatic carbocycles. The summed E-state index contributed by atoms with van der Waals surface area (Å²) in [5.41, 5.74) is 0.959. The highest BCUT2D eigenvalue weighted by atomic mass is 32.2. The fourth-order valence-electron chi connectivity index (χ4n) is 2.89. The maximum Gasteiger partial charge on any atom is 0.233 e. The molecule has 0 spiro atoms. The largest absolute Gasteiger partial charge is 0.355 e. The van der Waals surface area contributed by atoms with Gasteiger partial charge in [-0.2, -0.15) is 0 Å². The van der Waals surface area contributed by atoms with Gasteiger partial charge in [0.05, 0.1) is 5.25 Å². The lowest BCUT2D eigenvalue weighted by Crippen LogP contribution is -2.35. The molecule has 1 saturated carbocycles. The lowest BCUT2D eigenvalue weighted by Gasteiger charge is -2.22. The molecule has 0 aliphatic heterocycles. The number of nitrogens with one attached hydrogen (secondary N) is 1. The molecule has 1 aromatic heterocycles. The Morgan fingerprint density at radius 1 is 1.26 bits per heavy atom. The zero-order chi connectivity index (χ0) is 16.8. The molecule has 0 saturated heterocycles. The van der Waals surface area contributed by atoms with Gasteiger partial charge in [0.2, 0.25) is 5.91 Å². The summed E-state index contributed by atoms with van der Waals surface area (Å²) in [6.45, 7) is 8.93. The Balaban J connectivity index is 1.87. The van der Waals surface area contributed by atoms with Crippen LogP contribution in [0, 0.1) is 12.8 Å². The molecule has 5 heteroatoms. The van der Waals surface area contributed by atoms with Crippen molar-refractivity contribution in [2.45, 2.75) is 76.0 Å². The molecule has 1 heterocycles. The number of carbonyl (C=O) groups is 1. The van der Waals surface area contributed by atoms with E-state index >= 15 is 0 Å². The molecule has 1 atom stereocenters. The first-order valence-electron chi connectivity index (χ1n) is 8.75. The van der Waals surface area contributed by atoms with Crippen molar-refractivity contribution in [1.29, 1.82) is 0 Å². The van der Waals surface area contributed by atoms with Gasteiger partial charge in [0, 0.05) is 18.2 Å². The normalized spacial score (nSPS) is 17.3. The second-order valence-corrected chi connectivity index (χ2v) is 8.23. The van der Waals surface area contributed by atoms with E-state index in [9.17, 15) is 4.79 Å². The second-order valence-electron chi connectivity index (χ2n) is 6.87. The first-order valence-corrected chi connectivity index (χ1v) is 9.63. The Hall–Kier alpha value is -1.10. The van der Waals surface area contributed by atoms with Crippen LogP contribution in [0.5, 0.6) is 0 Å². The third-order valence-corrected chi connectivity index (χ3v) is 5.34. The van der Waals surface area contributed by atoms with Crippen molar-refractivity contribution in [2.24, 2.45) is 5.92 Å². The van der Waals surface area contributed by atoms with Gasteiger partial charge in [-0.1, -0.05) is 44.9 Å². The fourth-order valence-corrected chi connectivity index (χ4v) is 3.83. The molecule has 1 aromatic rings. The minimum absolute atomic E-state index is 0.114. The van der Waals surface area contributed by atoms with Crippen molar-refractivity contribution in [2.75, 3.05) is 6.54 Å². The number of nitrogens with zero attached hydrogens (tertiary/aromatic N) is 2. The highest BCUT2D eigenvalue weighted by Crippen LogP contribution is 2.25. The Labute approximate surface area is 144 Å². The van der Waals surface area contributed by atoms with Gasteiger partial charge < -0.3 is 5.32 Å². The topological polar surface area (TPSA) is 54.9 Å². The summed E-state index contributed by atoms with van der Waals surface area (Å²) in [5.74, 6) is 1.92. The van der Waals surface area contributed by atoms with Crippen molar-refractivity contribution >= 4 is 17.7 Å². The molecule has 23 heavy (non-hydrogen) atoms. The summed E-state index contributed by atoms with van der Waals surface area (Å²) in [6.07, 6.45) is 6.48. The molecular weight excluding hydrogens is 306 g/mol. The predicted octanol–water partition coefficient (Wildman–Crippen LogP) is 4.09. The number of aromatic nitrogens is 2. The van der Waals surface area contributed by atoms with Crippen molar-refractivity contribution in [3.05, 3.63) is 17.6 Å². The fraction of sp³-hybridized carbons (Fsp3) is 0.722. The quantitative estimate of drug-likeness (QED) is 0.628. The van der Waals surface area contributed by atoms with Gasteiger partial charge in [0.1, 0.15) is 10.9 Å². The lowest BCUT2D eigenvalue weighted by atomic mass is 9.89. The van der Waals surface area contributed by atoms with E-state index in [0.717, 1.165) is 23.1 Å². The molecule has 0 aromatic carbocycles. The molecule has 1 fully saturated rings. The molecule has 4 nitrogen and oxygen atoms in total. The Kier molecular flexibility index (Phi) is 6.88. The van der Waals surface area contributed by atoms with E-state index in [1.165, 1.54) is 43.9 Å². The van der Waals surface area contributed by atoms with E-state index in [0.29, 0.717) is 11.8 Å². The van der Waals surface area contributed by atoms with Crippen LogP contribution in [0.1, 0.15) is 70.3 Å². The van der Waals surface area contributed by atoms with Crippen LogP contribution in [0.2, 0.25) is 0 Å². The number of aryl methyl sites for hydroxylation is 1. The number of hydrogen-bond donors (Lipinski definition) is 1. The van der Waals surface area contributed by atoms with Crippen LogP contribution < -0.4 is 5.32 Å². The van der Waals surface area contributed by atoms with E-state index < -0.39 is 0 Å². The molecule has 1 aliphatic rings. The smallest absolute Gasteiger partial charge is 0.233 e. The summed E-state index contributed by atoms with van der Waals surface area (Å²) in [7, 11) is 0. The van der Waals surface area contributed by atoms with Gasteiger partial charge in [-0.15, -0.1) is 0 Å². The minimum Gasteiger partial charge on any atom is -0.355 e. The van der Waals surface area contributed by atoms with Gasteiger partial charge in [0.15, 0.2) is 0 Å². The van der Waals surface area contributed by atoms with Crippen LogP contribution in [0.25, 0.3) is 0 Å². The van der Waals surface area contributed by atoms with Gasteiger partial charge >= 0.3 is 0 Å². The lowest BCUT2D eigenvalue weighted by molar-refractivity contribution is -0.120. The summed E-state index contributed by atoms with van der Waals surface area (Å²) in [4.78, 5) is 21.4. The van der Waals surface area contributed by atoms with Crippen molar-refractivity contribution in [3.63, 3.8) is 0 Å². The Morgan fingerprint density at radius 2 is 1.96 bits per heavy atom. The highest BCUT2D eigenvalue weighted by Gasteiger charge is 2.19. The average Bonchev–Trinajstić information content (AvgIpc) is 2.52. The number of thioether (sulfide) groups is 1. The van der Waals surface area contributed by atoms with Gasteiger partial charge in [-0.25, -0.2) is 9.97 Å². The maximum atomic E-state index is 12.3. The number of carbonyl (C=O) groups excluding carboxylic acids is 1. The molecule has 2 rings (SSSR count). The average molecular weight is 336 g/mol. The third kappa shape index (κ3) is 5.79. The third-order valence-electron chi connectivity index (χ3n) is 4.32. The summed E-state index contributed by atoms with van der Waals surface area (Å²) in [5, 5.41) is 3.88. The molecular formula is C18H29N3OS. The van der Waals surface area contributed by atoms with E-state index in [1.54, 1.807) is 0 Å². The summed E-state index contributed by atoms with van der Waals surface area (Å²) < 4.78 is 0. The monoisotopic (exact) mass is 335 g/mol. The number of rotatable bonds is 6. The molecule has 0 bridgehead atoms. The Bertz CT molecular complexity index is 527. The van der Waals surface area contributed by atoms with Crippen molar-refractivity contribution < 1.29 is 4.79 Å². The molecule has 1 N–H and O–H groups in total. The maximum absolute atomic E-state index is 12.3. The van der Waals surface area contributed by atoms with Gasteiger partial charge in [0.25, 0.3) is 0 Å². The first-order chi connectivity index (χ1) is 11.0. The second kappa shape index (κ2) is 8.67. The zero-order valence-corrected chi connectivity index (χ0v) is 15.6. The van der Waals surface area contributed by atoms with Gasteiger partial charge in [-0.05, 0) is 38.7 Å². The van der Waals surface area contributed by atoms with Gasteiger partial charge in [-0.3, -0.25) is 4.79 Å². The summed E-state index contributed by atoms with van der Waals surface area (Å²) >= 11 is 1.52. The van der Waals surface area contributed by atoms with E-state index in [2.05, 4.69) is 29.1 Å². The molecule has 0 radical (unpaired) electrons. The van der Waals surface area contributed by atoms with E-state index in [-0.39, 0.29) is 11.2 Å². The molecule has 1 amide bonds. The number of amides is 1. The van der Waals surface area contributed by atoms with Crippen LogP contribution in [0.3, 0.4) is 0 Å². The standard InChI is InChI=1S/C18H29N3OS/c1-12(2)17-20-13(3)10-16(21-17)23-14(4)18(22)19-11-15-8-6-5-7-9-15/h10,12,14-15H,5-9,11H2,1-4H3,(H,19,22)/t14-/m0/s1. The van der Waals surface area contributed by atoms with E-state index in [1.807, 2.05) is 19.9 Å². The molecule has 128 valence electrons. The van der Waals surface area contributed by atoms with Crippen LogP contribution in [-0.2, 0) is 4.79 Å². The Morgan fingerprint density at radius 3 is 2.61 bits per heavy atom. The van der Waals surface area contributed by atoms with E-state index in [4.69, 9.17) is 0 Å². The van der Waals surface area contributed by atoms with Crippen LogP contribution in [0.15, 0.2) is 11.1 Å². The molecule has 0 unspecified atom stereocenters. The van der Waals surface area contributed by atoms with Crippen LogP contribution in [-0.4, -0.2) is 27.7 Å². The van der Waals surface area contributed by atoms with Crippen molar-refractivity contribution in [3.8, 4) is 0 Å². The summed E-state index contributed by atoms with van der Waals surface area (Å²) in [6, 6.07) is 1.96. The first kappa shape index (κ1) is 18.2. The minimum atomic E-state index is -0.132. The zero-order valence-electron chi connectivity index (χ0n) is 14.8. The SMILES string of the molecule is Cc1cc(S[C@@H](C)C(=O)NCC2CCCCC2)nc(C(C)C)n1. The number of hydrogen-bond acceptors (Lipinski definition) is 4. The van der Waals surface area contributed by atoms with Crippen LogP contribution >= 0.6 is 11.8 Å². The van der Waals surface area contributed by atoms with Crippen LogP contribution in [0.4, 0.5) is 0 Å². The van der Waals surface area contributed by atoms with Crippen molar-refractivity contribution in [1.82, 2.24) is 15.3 Å². The highest BCUT2D eigenvalue weighted by molar-refractivity contribution is 8.00.